The number of aromatic nitrogens is 1. The Bertz CT molecular complexity index is 533. The van der Waals surface area contributed by atoms with E-state index in [9.17, 15) is 26.7 Å². The molecule has 0 aliphatic heterocycles. The van der Waals surface area contributed by atoms with Crippen molar-refractivity contribution in [2.24, 2.45) is 0 Å². The lowest BCUT2D eigenvalue weighted by atomic mass is 10.2. The molecule has 10 heteroatoms. The van der Waals surface area contributed by atoms with E-state index in [2.05, 4.69) is 19.2 Å². The number of pyridine rings is 1. The molecule has 0 unspecified atom stereocenters. The average molecular weight is 329 g/mol. The molecule has 0 radical (unpaired) electrons. The minimum Gasteiger partial charge on any atom is -0.481 e. The van der Waals surface area contributed by atoms with Crippen LogP contribution >= 0.6 is 0 Å². The van der Waals surface area contributed by atoms with Crippen molar-refractivity contribution < 1.29 is 41.0 Å². The summed E-state index contributed by atoms with van der Waals surface area (Å²) in [7, 11) is 1.02. The number of esters is 1. The molecule has 1 rings (SSSR count). The van der Waals surface area contributed by atoms with Crippen LogP contribution in [-0.4, -0.2) is 31.0 Å². The number of hydrogen-bond donors (Lipinski definition) is 0. The van der Waals surface area contributed by atoms with Gasteiger partial charge < -0.3 is 14.2 Å². The van der Waals surface area contributed by atoms with E-state index in [1.165, 1.54) is 6.92 Å². The smallest absolute Gasteiger partial charge is 0.481 e. The van der Waals surface area contributed by atoms with E-state index >= 15 is 0 Å². The molecular weight excluding hydrogens is 317 g/mol. The second-order valence-electron chi connectivity index (χ2n) is 3.86. The third-order valence-corrected chi connectivity index (χ3v) is 2.33. The summed E-state index contributed by atoms with van der Waals surface area (Å²) in [6, 6.07) is 0.443. The molecule has 0 aromatic carbocycles. The largest absolute Gasteiger partial charge is 0.573 e. The minimum absolute atomic E-state index is 0.000543. The highest BCUT2D eigenvalue weighted by Gasteiger charge is 2.34. The molecule has 1 aromatic heterocycles. The van der Waals surface area contributed by atoms with Crippen LogP contribution in [0.4, 0.5) is 22.0 Å². The Balaban J connectivity index is 3.28. The molecule has 0 atom stereocenters. The summed E-state index contributed by atoms with van der Waals surface area (Å²) in [5.41, 5.74) is -1.40. The molecular formula is C12H12F5NO4. The maximum atomic E-state index is 12.8. The highest BCUT2D eigenvalue weighted by Crippen LogP contribution is 2.35. The van der Waals surface area contributed by atoms with Crippen molar-refractivity contribution in [2.75, 3.05) is 13.7 Å². The van der Waals surface area contributed by atoms with Crippen molar-refractivity contribution in [2.45, 2.75) is 26.1 Å². The zero-order valence-corrected chi connectivity index (χ0v) is 11.5. The van der Waals surface area contributed by atoms with Crippen molar-refractivity contribution in [3.8, 4) is 11.6 Å². The molecule has 1 aromatic rings. The first-order chi connectivity index (χ1) is 10.2. The van der Waals surface area contributed by atoms with Gasteiger partial charge in [0.15, 0.2) is 5.75 Å². The summed E-state index contributed by atoms with van der Waals surface area (Å²) in [5, 5.41) is 0. The summed E-state index contributed by atoms with van der Waals surface area (Å²) in [6.07, 6.45) is -8.94. The molecule has 1 heterocycles. The molecule has 0 amide bonds. The van der Waals surface area contributed by atoms with Gasteiger partial charge in [-0.3, -0.25) is 4.79 Å². The van der Waals surface area contributed by atoms with E-state index in [1.54, 1.807) is 0 Å². The molecule has 5 nitrogen and oxygen atoms in total. The fourth-order valence-electron chi connectivity index (χ4n) is 1.54. The van der Waals surface area contributed by atoms with Gasteiger partial charge in [-0.05, 0) is 13.0 Å². The zero-order chi connectivity index (χ0) is 16.9. The van der Waals surface area contributed by atoms with Gasteiger partial charge in [0, 0.05) is 0 Å². The number of halogens is 5. The van der Waals surface area contributed by atoms with Gasteiger partial charge in [0.2, 0.25) is 5.88 Å². The van der Waals surface area contributed by atoms with Gasteiger partial charge in [0.25, 0.3) is 6.43 Å². The van der Waals surface area contributed by atoms with E-state index in [4.69, 9.17) is 0 Å². The molecule has 0 aliphatic rings. The van der Waals surface area contributed by atoms with Crippen LogP contribution in [0.15, 0.2) is 6.07 Å². The van der Waals surface area contributed by atoms with Gasteiger partial charge in [0.05, 0.1) is 31.4 Å². The van der Waals surface area contributed by atoms with E-state index < -0.39 is 48.1 Å². The van der Waals surface area contributed by atoms with Gasteiger partial charge in [-0.2, -0.15) is 0 Å². The third-order valence-electron chi connectivity index (χ3n) is 2.33. The number of alkyl halides is 5. The number of hydrogen-bond acceptors (Lipinski definition) is 5. The fourth-order valence-corrected chi connectivity index (χ4v) is 1.54. The maximum Gasteiger partial charge on any atom is 0.573 e. The van der Waals surface area contributed by atoms with Crippen LogP contribution in [-0.2, 0) is 16.0 Å². The molecule has 0 N–H and O–H groups in total. The molecule has 22 heavy (non-hydrogen) atoms. The van der Waals surface area contributed by atoms with Crippen molar-refractivity contribution in [1.29, 1.82) is 0 Å². The van der Waals surface area contributed by atoms with Crippen LogP contribution in [0.25, 0.3) is 0 Å². The molecule has 0 spiro atoms. The Morgan fingerprint density at radius 1 is 1.36 bits per heavy atom. The van der Waals surface area contributed by atoms with Crippen LogP contribution in [0, 0.1) is 0 Å². The van der Waals surface area contributed by atoms with Crippen molar-refractivity contribution in [3.63, 3.8) is 0 Å². The number of carbonyl (C=O) groups is 1. The number of carbonyl (C=O) groups excluding carboxylic acids is 1. The number of rotatable bonds is 6. The van der Waals surface area contributed by atoms with Crippen LogP contribution < -0.4 is 9.47 Å². The molecule has 0 aliphatic carbocycles. The summed E-state index contributed by atoms with van der Waals surface area (Å²) in [5.74, 6) is -2.48. The summed E-state index contributed by atoms with van der Waals surface area (Å²) >= 11 is 0. The van der Waals surface area contributed by atoms with Gasteiger partial charge in [-0.15, -0.1) is 13.2 Å². The van der Waals surface area contributed by atoms with Crippen molar-refractivity contribution in [3.05, 3.63) is 17.3 Å². The first-order valence-electron chi connectivity index (χ1n) is 5.95. The number of ether oxygens (including phenoxy) is 3. The first-order valence-corrected chi connectivity index (χ1v) is 5.95. The van der Waals surface area contributed by atoms with Gasteiger partial charge >= 0.3 is 12.3 Å². The molecule has 0 fully saturated rings. The average Bonchev–Trinajstić information content (AvgIpc) is 2.38. The lowest BCUT2D eigenvalue weighted by Crippen LogP contribution is -2.20. The van der Waals surface area contributed by atoms with E-state index in [1.807, 2.05) is 0 Å². The Hall–Kier alpha value is -2.13. The number of methoxy groups -OCH3 is 1. The third kappa shape index (κ3) is 5.01. The predicted octanol–water partition coefficient (Wildman–Crippen LogP) is 3.03. The van der Waals surface area contributed by atoms with Crippen LogP contribution in [0.2, 0.25) is 0 Å². The van der Waals surface area contributed by atoms with E-state index in [0.717, 1.165) is 7.11 Å². The van der Waals surface area contributed by atoms with Gasteiger partial charge in [-0.1, -0.05) is 0 Å². The highest BCUT2D eigenvalue weighted by molar-refractivity contribution is 5.73. The van der Waals surface area contributed by atoms with Crippen LogP contribution in [0.5, 0.6) is 11.6 Å². The SMILES string of the molecule is CCOC(=O)Cc1nc(OC)c(C(F)F)cc1OC(F)(F)F. The minimum atomic E-state index is -5.13. The molecule has 0 bridgehead atoms. The van der Waals surface area contributed by atoms with Crippen LogP contribution in [0.3, 0.4) is 0 Å². The van der Waals surface area contributed by atoms with E-state index in [0.29, 0.717) is 6.07 Å². The Kier molecular flexibility index (Phi) is 5.89. The van der Waals surface area contributed by atoms with Gasteiger partial charge in [0.1, 0.15) is 0 Å². The van der Waals surface area contributed by atoms with Gasteiger partial charge in [-0.25, -0.2) is 13.8 Å². The summed E-state index contributed by atoms with van der Waals surface area (Å²) in [6.45, 7) is 1.50. The predicted molar refractivity (Wildman–Crippen MR) is 62.8 cm³/mol. The summed E-state index contributed by atoms with van der Waals surface area (Å²) in [4.78, 5) is 14.9. The molecule has 0 saturated carbocycles. The zero-order valence-electron chi connectivity index (χ0n) is 11.5. The van der Waals surface area contributed by atoms with Crippen molar-refractivity contribution in [1.82, 2.24) is 4.98 Å². The highest BCUT2D eigenvalue weighted by atomic mass is 19.4. The van der Waals surface area contributed by atoms with Crippen molar-refractivity contribution >= 4 is 5.97 Å². The Labute approximate surface area is 122 Å². The molecule has 0 saturated heterocycles. The van der Waals surface area contributed by atoms with Crippen LogP contribution in [0.1, 0.15) is 24.6 Å². The molecule has 124 valence electrons. The fraction of sp³-hybridized carbons (Fsp3) is 0.500. The first kappa shape index (κ1) is 17.9. The topological polar surface area (TPSA) is 57.7 Å². The monoisotopic (exact) mass is 329 g/mol. The normalized spacial score (nSPS) is 11.5. The quantitative estimate of drug-likeness (QED) is 0.593. The maximum absolute atomic E-state index is 12.8. The lowest BCUT2D eigenvalue weighted by molar-refractivity contribution is -0.275. The second kappa shape index (κ2) is 7.23. The number of nitrogens with zero attached hydrogens (tertiary/aromatic N) is 1. The Morgan fingerprint density at radius 3 is 2.45 bits per heavy atom. The Morgan fingerprint density at radius 2 is 2.00 bits per heavy atom. The lowest BCUT2D eigenvalue weighted by Gasteiger charge is -2.15. The standard InChI is InChI=1S/C12H12F5NO4/c1-3-21-9(19)5-7-8(22-12(15,16)17)4-6(10(13)14)11(18-7)20-2/h4,10H,3,5H2,1-2H3. The van der Waals surface area contributed by atoms with E-state index in [-0.39, 0.29) is 6.61 Å². The second-order valence-corrected chi connectivity index (χ2v) is 3.86. The summed E-state index contributed by atoms with van der Waals surface area (Å²) < 4.78 is 75.4.